The van der Waals surface area contributed by atoms with Crippen molar-refractivity contribution in [2.24, 2.45) is 0 Å². The molecule has 5 heteroatoms. The molecule has 1 amide bonds. The normalized spacial score (nSPS) is 13.7. The zero-order chi connectivity index (χ0) is 30.9. The van der Waals surface area contributed by atoms with Crippen LogP contribution in [0.2, 0.25) is 0 Å². The molecule has 0 aromatic rings. The predicted octanol–water partition coefficient (Wildman–Crippen LogP) is 9.93. The van der Waals surface area contributed by atoms with E-state index >= 15 is 0 Å². The van der Waals surface area contributed by atoms with Crippen LogP contribution in [-0.4, -0.2) is 46.1 Å². The molecule has 0 saturated heterocycles. The fraction of sp³-hybridized carbons (Fsp3) is 0.973. The quantitative estimate of drug-likeness (QED) is 0.0556. The molecule has 0 spiro atoms. The molecule has 3 atom stereocenters. The zero-order valence-electron chi connectivity index (χ0n) is 28.4. The van der Waals surface area contributed by atoms with Crippen molar-refractivity contribution in [1.82, 2.24) is 5.32 Å². The van der Waals surface area contributed by atoms with Gasteiger partial charge in [-0.3, -0.25) is 4.79 Å². The summed E-state index contributed by atoms with van der Waals surface area (Å²) in [7, 11) is 0. The van der Waals surface area contributed by atoms with E-state index in [1.165, 1.54) is 148 Å². The first kappa shape index (κ1) is 41.4. The van der Waals surface area contributed by atoms with Crippen molar-refractivity contribution >= 4 is 5.91 Å². The lowest BCUT2D eigenvalue weighted by Gasteiger charge is -2.23. The van der Waals surface area contributed by atoms with E-state index < -0.39 is 24.2 Å². The van der Waals surface area contributed by atoms with Crippen molar-refractivity contribution in [2.75, 3.05) is 6.61 Å². The Morgan fingerprint density at radius 3 is 1.07 bits per heavy atom. The molecule has 0 radical (unpaired) electrons. The van der Waals surface area contributed by atoms with Crippen LogP contribution in [0.5, 0.6) is 0 Å². The van der Waals surface area contributed by atoms with Crippen molar-refractivity contribution in [3.63, 3.8) is 0 Å². The molecule has 0 heterocycles. The summed E-state index contributed by atoms with van der Waals surface area (Å²) >= 11 is 0. The van der Waals surface area contributed by atoms with Gasteiger partial charge in [0, 0.05) is 0 Å². The standard InChI is InChI=1S/C37H75NO4/c1-3-5-7-9-11-13-14-15-16-17-18-19-20-21-22-24-25-27-29-31-35(40)34(33-39)38-37(42)36(41)32-30-28-26-23-12-10-8-6-4-2/h34-36,39-41H,3-33H2,1-2H3,(H,38,42). The lowest BCUT2D eigenvalue weighted by Crippen LogP contribution is -2.49. The van der Waals surface area contributed by atoms with Crippen LogP contribution in [0.3, 0.4) is 0 Å². The molecule has 0 rings (SSSR count). The van der Waals surface area contributed by atoms with E-state index in [4.69, 9.17) is 0 Å². The van der Waals surface area contributed by atoms with Crippen molar-refractivity contribution in [3.05, 3.63) is 0 Å². The summed E-state index contributed by atoms with van der Waals surface area (Å²) in [6.07, 6.45) is 35.2. The first-order valence-corrected chi connectivity index (χ1v) is 18.8. The summed E-state index contributed by atoms with van der Waals surface area (Å²) in [4.78, 5) is 12.4. The van der Waals surface area contributed by atoms with E-state index in [9.17, 15) is 20.1 Å². The van der Waals surface area contributed by atoms with E-state index in [1.807, 2.05) is 0 Å². The number of aliphatic hydroxyl groups excluding tert-OH is 3. The van der Waals surface area contributed by atoms with Crippen LogP contribution >= 0.6 is 0 Å². The highest BCUT2D eigenvalue weighted by Crippen LogP contribution is 2.16. The number of hydrogen-bond acceptors (Lipinski definition) is 4. The third-order valence-electron chi connectivity index (χ3n) is 8.98. The average Bonchev–Trinajstić information content (AvgIpc) is 2.99. The van der Waals surface area contributed by atoms with Crippen LogP contribution in [0, 0.1) is 0 Å². The van der Waals surface area contributed by atoms with Crippen molar-refractivity contribution in [3.8, 4) is 0 Å². The minimum atomic E-state index is -1.06. The third kappa shape index (κ3) is 28.1. The Labute approximate surface area is 262 Å². The van der Waals surface area contributed by atoms with Gasteiger partial charge in [-0.25, -0.2) is 0 Å². The largest absolute Gasteiger partial charge is 0.394 e. The summed E-state index contributed by atoms with van der Waals surface area (Å²) in [5.74, 6) is -0.471. The minimum absolute atomic E-state index is 0.309. The molecule has 0 bridgehead atoms. The first-order valence-electron chi connectivity index (χ1n) is 18.8. The SMILES string of the molecule is CCCCCCCCCCCCCCCCCCCCCC(O)C(CO)NC(=O)C(O)CCCCCCCCCCC. The molecule has 0 aromatic carbocycles. The Bertz CT molecular complexity index is 544. The zero-order valence-corrected chi connectivity index (χ0v) is 28.4. The van der Waals surface area contributed by atoms with E-state index in [0.29, 0.717) is 12.8 Å². The highest BCUT2D eigenvalue weighted by molar-refractivity contribution is 5.80. The molecule has 0 saturated carbocycles. The molecule has 42 heavy (non-hydrogen) atoms. The fourth-order valence-corrected chi connectivity index (χ4v) is 5.95. The maximum absolute atomic E-state index is 12.4. The summed E-state index contributed by atoms with van der Waals surface area (Å²) in [5, 5.41) is 33.0. The second kappa shape index (κ2) is 33.2. The molecule has 252 valence electrons. The number of amides is 1. The topological polar surface area (TPSA) is 89.8 Å². The average molecular weight is 598 g/mol. The Hall–Kier alpha value is -0.650. The van der Waals surface area contributed by atoms with E-state index in [2.05, 4.69) is 19.2 Å². The summed E-state index contributed by atoms with van der Waals surface area (Å²) in [6, 6.07) is -0.703. The van der Waals surface area contributed by atoms with Gasteiger partial charge in [-0.05, 0) is 12.8 Å². The molecule has 0 fully saturated rings. The van der Waals surface area contributed by atoms with Crippen molar-refractivity contribution in [2.45, 2.75) is 225 Å². The fourth-order valence-electron chi connectivity index (χ4n) is 5.95. The van der Waals surface area contributed by atoms with Gasteiger partial charge in [0.15, 0.2) is 0 Å². The number of carbonyl (C=O) groups excluding carboxylic acids is 1. The molecule has 0 aliphatic heterocycles. The predicted molar refractivity (Wildman–Crippen MR) is 181 cm³/mol. The Balaban J connectivity index is 3.59. The molecular weight excluding hydrogens is 522 g/mol. The number of carbonyl (C=O) groups is 1. The van der Waals surface area contributed by atoms with Crippen molar-refractivity contribution < 1.29 is 20.1 Å². The number of rotatable bonds is 34. The van der Waals surface area contributed by atoms with E-state index in [1.54, 1.807) is 0 Å². The van der Waals surface area contributed by atoms with Gasteiger partial charge >= 0.3 is 0 Å². The maximum Gasteiger partial charge on any atom is 0.249 e. The van der Waals surface area contributed by atoms with Gasteiger partial charge in [0.1, 0.15) is 6.10 Å². The van der Waals surface area contributed by atoms with Gasteiger partial charge < -0.3 is 20.6 Å². The Morgan fingerprint density at radius 2 is 0.762 bits per heavy atom. The third-order valence-corrected chi connectivity index (χ3v) is 8.98. The highest BCUT2D eigenvalue weighted by Gasteiger charge is 2.23. The molecule has 3 unspecified atom stereocenters. The van der Waals surface area contributed by atoms with Crippen LogP contribution < -0.4 is 5.32 Å². The number of unbranched alkanes of at least 4 members (excludes halogenated alkanes) is 26. The molecular formula is C37H75NO4. The smallest absolute Gasteiger partial charge is 0.249 e. The lowest BCUT2D eigenvalue weighted by atomic mass is 10.0. The first-order chi connectivity index (χ1) is 20.6. The molecule has 0 aliphatic rings. The van der Waals surface area contributed by atoms with Gasteiger partial charge in [0.05, 0.1) is 18.8 Å². The minimum Gasteiger partial charge on any atom is -0.394 e. The van der Waals surface area contributed by atoms with Crippen LogP contribution in [0.25, 0.3) is 0 Å². The second-order valence-corrected chi connectivity index (χ2v) is 13.2. The number of nitrogens with one attached hydrogen (secondary N) is 1. The van der Waals surface area contributed by atoms with E-state index in [-0.39, 0.29) is 6.61 Å². The van der Waals surface area contributed by atoms with Gasteiger partial charge in [-0.1, -0.05) is 194 Å². The van der Waals surface area contributed by atoms with Crippen LogP contribution in [0.1, 0.15) is 206 Å². The van der Waals surface area contributed by atoms with Gasteiger partial charge in [0.2, 0.25) is 5.91 Å². The molecule has 5 nitrogen and oxygen atoms in total. The van der Waals surface area contributed by atoms with Crippen molar-refractivity contribution in [1.29, 1.82) is 0 Å². The highest BCUT2D eigenvalue weighted by atomic mass is 16.3. The monoisotopic (exact) mass is 598 g/mol. The summed E-state index contributed by atoms with van der Waals surface area (Å²) in [5.41, 5.74) is 0. The Kier molecular flexibility index (Phi) is 32.7. The summed E-state index contributed by atoms with van der Waals surface area (Å²) < 4.78 is 0. The van der Waals surface area contributed by atoms with Crippen LogP contribution in [0.4, 0.5) is 0 Å². The Morgan fingerprint density at radius 1 is 0.476 bits per heavy atom. The lowest BCUT2D eigenvalue weighted by molar-refractivity contribution is -0.131. The van der Waals surface area contributed by atoms with Gasteiger partial charge in [-0.2, -0.15) is 0 Å². The van der Waals surface area contributed by atoms with Crippen LogP contribution in [0.15, 0.2) is 0 Å². The van der Waals surface area contributed by atoms with E-state index in [0.717, 1.165) is 32.1 Å². The second-order valence-electron chi connectivity index (χ2n) is 13.2. The summed E-state index contributed by atoms with van der Waals surface area (Å²) in [6.45, 7) is 4.20. The molecule has 0 aromatic heterocycles. The maximum atomic E-state index is 12.4. The van der Waals surface area contributed by atoms with Gasteiger partial charge in [-0.15, -0.1) is 0 Å². The molecule has 0 aliphatic carbocycles. The molecule has 4 N–H and O–H groups in total. The number of aliphatic hydroxyl groups is 3. The van der Waals surface area contributed by atoms with Crippen LogP contribution in [-0.2, 0) is 4.79 Å². The number of hydrogen-bond donors (Lipinski definition) is 4. The van der Waals surface area contributed by atoms with Gasteiger partial charge in [0.25, 0.3) is 0 Å².